The minimum atomic E-state index is -0.893. The lowest BCUT2D eigenvalue weighted by Crippen LogP contribution is -2.34. The first kappa shape index (κ1) is 13.9. The van der Waals surface area contributed by atoms with Crippen molar-refractivity contribution in [2.75, 3.05) is 11.4 Å². The summed E-state index contributed by atoms with van der Waals surface area (Å²) in [6.45, 7) is 5.37. The lowest BCUT2D eigenvalue weighted by Gasteiger charge is -2.29. The van der Waals surface area contributed by atoms with E-state index in [1.54, 1.807) is 6.07 Å². The van der Waals surface area contributed by atoms with E-state index in [9.17, 15) is 9.90 Å². The van der Waals surface area contributed by atoms with Crippen LogP contribution in [0.15, 0.2) is 30.3 Å². The monoisotopic (exact) mass is 284 g/mol. The summed E-state index contributed by atoms with van der Waals surface area (Å²) >= 11 is 0. The second-order valence-electron chi connectivity index (χ2n) is 6.00. The molecule has 1 N–H and O–H groups in total. The topological polar surface area (TPSA) is 53.4 Å². The highest BCUT2D eigenvalue weighted by Gasteiger charge is 2.29. The number of carboxylic acids is 1. The molecule has 4 nitrogen and oxygen atoms in total. The van der Waals surface area contributed by atoms with Crippen LogP contribution < -0.4 is 4.90 Å². The molecule has 0 amide bonds. The molecule has 1 saturated heterocycles. The average molecular weight is 284 g/mol. The van der Waals surface area contributed by atoms with E-state index in [0.717, 1.165) is 30.7 Å². The van der Waals surface area contributed by atoms with E-state index in [-0.39, 0.29) is 0 Å². The van der Waals surface area contributed by atoms with Crippen LogP contribution in [0.1, 0.15) is 37.0 Å². The minimum absolute atomic E-state index is 0.338. The molecule has 0 bridgehead atoms. The van der Waals surface area contributed by atoms with E-state index in [2.05, 4.69) is 18.7 Å². The van der Waals surface area contributed by atoms with Crippen molar-refractivity contribution in [1.29, 1.82) is 0 Å². The number of carbonyl (C=O) groups is 1. The third kappa shape index (κ3) is 2.46. The molecular weight excluding hydrogens is 264 g/mol. The van der Waals surface area contributed by atoms with Crippen molar-refractivity contribution in [3.8, 4) is 0 Å². The second kappa shape index (κ2) is 5.35. The molecule has 3 rings (SSSR count). The van der Waals surface area contributed by atoms with Gasteiger partial charge in [0.15, 0.2) is 0 Å². The van der Waals surface area contributed by atoms with Crippen LogP contribution in [0, 0.1) is 5.92 Å². The van der Waals surface area contributed by atoms with Gasteiger partial charge in [-0.1, -0.05) is 32.0 Å². The Morgan fingerprint density at radius 3 is 2.86 bits per heavy atom. The number of anilines is 1. The normalized spacial score (nSPS) is 18.6. The van der Waals surface area contributed by atoms with Crippen LogP contribution in [0.5, 0.6) is 0 Å². The molecule has 110 valence electrons. The first-order valence-electron chi connectivity index (χ1n) is 7.47. The Labute approximate surface area is 124 Å². The van der Waals surface area contributed by atoms with Gasteiger partial charge in [0.05, 0.1) is 11.1 Å². The number of nitrogens with zero attached hydrogens (tertiary/aromatic N) is 2. The van der Waals surface area contributed by atoms with Crippen LogP contribution >= 0.6 is 0 Å². The maximum absolute atomic E-state index is 11.6. The number of fused-ring (bicyclic) bond motifs is 1. The standard InChI is InChI=1S/C17H20N2O2/c1-11(2)15-8-5-9-19(15)16-10-13(17(20)21)12-6-3-4-7-14(12)18-16/h3-4,6-7,10-11,15H,5,8-9H2,1-2H3,(H,20,21). The van der Waals surface area contributed by atoms with Gasteiger partial charge in [0, 0.05) is 18.0 Å². The summed E-state index contributed by atoms with van der Waals surface area (Å²) in [6, 6.07) is 9.62. The number of para-hydroxylation sites is 1. The molecule has 0 radical (unpaired) electrons. The Kier molecular flexibility index (Phi) is 3.53. The van der Waals surface area contributed by atoms with E-state index >= 15 is 0 Å². The summed E-state index contributed by atoms with van der Waals surface area (Å²) in [5.74, 6) is 0.437. The third-order valence-corrected chi connectivity index (χ3v) is 4.30. The molecule has 21 heavy (non-hydrogen) atoms. The third-order valence-electron chi connectivity index (χ3n) is 4.30. The van der Waals surface area contributed by atoms with Gasteiger partial charge in [-0.25, -0.2) is 9.78 Å². The van der Waals surface area contributed by atoms with Crippen LogP contribution in [0.2, 0.25) is 0 Å². The van der Waals surface area contributed by atoms with Crippen molar-refractivity contribution in [3.63, 3.8) is 0 Å². The maximum Gasteiger partial charge on any atom is 0.336 e. The van der Waals surface area contributed by atoms with Gasteiger partial charge in [0.2, 0.25) is 0 Å². The molecule has 1 aromatic carbocycles. The van der Waals surface area contributed by atoms with Crippen LogP contribution in [0.25, 0.3) is 10.9 Å². The van der Waals surface area contributed by atoms with Crippen LogP contribution in [0.3, 0.4) is 0 Å². The highest BCUT2D eigenvalue weighted by molar-refractivity contribution is 6.03. The molecular formula is C17H20N2O2. The van der Waals surface area contributed by atoms with Crippen LogP contribution in [-0.2, 0) is 0 Å². The van der Waals surface area contributed by atoms with Gasteiger partial charge < -0.3 is 10.0 Å². The molecule has 1 atom stereocenters. The predicted octanol–water partition coefficient (Wildman–Crippen LogP) is 3.56. The smallest absolute Gasteiger partial charge is 0.336 e. The molecule has 0 aliphatic carbocycles. The summed E-state index contributed by atoms with van der Waals surface area (Å²) in [4.78, 5) is 18.5. The summed E-state index contributed by atoms with van der Waals surface area (Å²) in [5, 5.41) is 10.2. The van der Waals surface area contributed by atoms with Crippen molar-refractivity contribution >= 4 is 22.7 Å². The second-order valence-corrected chi connectivity index (χ2v) is 6.00. The van der Waals surface area contributed by atoms with Gasteiger partial charge in [-0.05, 0) is 30.9 Å². The van der Waals surface area contributed by atoms with Crippen molar-refractivity contribution < 1.29 is 9.90 Å². The highest BCUT2D eigenvalue weighted by atomic mass is 16.4. The van der Waals surface area contributed by atoms with Gasteiger partial charge in [-0.15, -0.1) is 0 Å². The van der Waals surface area contributed by atoms with Crippen molar-refractivity contribution in [3.05, 3.63) is 35.9 Å². The van der Waals surface area contributed by atoms with Gasteiger partial charge in [-0.2, -0.15) is 0 Å². The zero-order chi connectivity index (χ0) is 15.0. The fourth-order valence-corrected chi connectivity index (χ4v) is 3.26. The quantitative estimate of drug-likeness (QED) is 0.936. The molecule has 0 spiro atoms. The van der Waals surface area contributed by atoms with Crippen molar-refractivity contribution in [1.82, 2.24) is 4.98 Å². The average Bonchev–Trinajstić information content (AvgIpc) is 2.95. The number of aromatic carboxylic acids is 1. The Morgan fingerprint density at radius 1 is 1.38 bits per heavy atom. The zero-order valence-electron chi connectivity index (χ0n) is 12.4. The van der Waals surface area contributed by atoms with Crippen LogP contribution in [0.4, 0.5) is 5.82 Å². The van der Waals surface area contributed by atoms with E-state index < -0.39 is 5.97 Å². The first-order valence-corrected chi connectivity index (χ1v) is 7.47. The molecule has 1 aliphatic heterocycles. The molecule has 0 saturated carbocycles. The predicted molar refractivity (Wildman–Crippen MR) is 83.9 cm³/mol. The number of carboxylic acid groups (broad SMARTS) is 1. The Morgan fingerprint density at radius 2 is 2.14 bits per heavy atom. The number of rotatable bonds is 3. The van der Waals surface area contributed by atoms with Crippen molar-refractivity contribution in [2.24, 2.45) is 5.92 Å². The number of pyridine rings is 1. The maximum atomic E-state index is 11.6. The van der Waals surface area contributed by atoms with Crippen molar-refractivity contribution in [2.45, 2.75) is 32.7 Å². The first-order chi connectivity index (χ1) is 10.1. The fraction of sp³-hybridized carbons (Fsp3) is 0.412. The minimum Gasteiger partial charge on any atom is -0.478 e. The van der Waals surface area contributed by atoms with E-state index in [1.807, 2.05) is 24.3 Å². The molecule has 1 unspecified atom stereocenters. The van der Waals surface area contributed by atoms with Gasteiger partial charge in [0.1, 0.15) is 5.82 Å². The number of benzene rings is 1. The Balaban J connectivity index is 2.13. The molecule has 2 heterocycles. The van der Waals surface area contributed by atoms with Gasteiger partial charge >= 0.3 is 5.97 Å². The molecule has 1 aliphatic rings. The number of aromatic nitrogens is 1. The van der Waals surface area contributed by atoms with Crippen LogP contribution in [-0.4, -0.2) is 28.6 Å². The Bertz CT molecular complexity index is 682. The van der Waals surface area contributed by atoms with E-state index in [1.165, 1.54) is 0 Å². The summed E-state index contributed by atoms with van der Waals surface area (Å²) in [7, 11) is 0. The lowest BCUT2D eigenvalue weighted by atomic mass is 10.0. The molecule has 1 fully saturated rings. The molecule has 2 aromatic rings. The van der Waals surface area contributed by atoms with Gasteiger partial charge in [0.25, 0.3) is 0 Å². The number of hydrogen-bond donors (Lipinski definition) is 1. The van der Waals surface area contributed by atoms with Gasteiger partial charge in [-0.3, -0.25) is 0 Å². The largest absolute Gasteiger partial charge is 0.478 e. The Hall–Kier alpha value is -2.10. The molecule has 4 heteroatoms. The summed E-state index contributed by atoms with van der Waals surface area (Å²) in [6.07, 6.45) is 2.29. The number of hydrogen-bond acceptors (Lipinski definition) is 3. The summed E-state index contributed by atoms with van der Waals surface area (Å²) < 4.78 is 0. The van der Waals surface area contributed by atoms with E-state index in [4.69, 9.17) is 4.98 Å². The highest BCUT2D eigenvalue weighted by Crippen LogP contribution is 2.31. The fourth-order valence-electron chi connectivity index (χ4n) is 3.26. The SMILES string of the molecule is CC(C)C1CCCN1c1cc(C(=O)O)c2ccccc2n1. The zero-order valence-corrected chi connectivity index (χ0v) is 12.4. The van der Waals surface area contributed by atoms with E-state index in [0.29, 0.717) is 22.9 Å². The molecule has 1 aromatic heterocycles. The summed E-state index contributed by atoms with van der Waals surface area (Å²) in [5.41, 5.74) is 1.09. The lowest BCUT2D eigenvalue weighted by molar-refractivity contribution is 0.0699.